The number of carbonyl (C=O) groups excluding carboxylic acids is 3. The molecule has 0 aromatic rings. The van der Waals surface area contributed by atoms with E-state index in [4.69, 9.17) is 18.9 Å². The lowest BCUT2D eigenvalue weighted by atomic mass is 9.43. The van der Waals surface area contributed by atoms with Gasteiger partial charge in [-0.25, -0.2) is 0 Å². The lowest BCUT2D eigenvalue weighted by Crippen LogP contribution is -2.72. The maximum absolute atomic E-state index is 13.2. The minimum atomic E-state index is -1.34. The van der Waals surface area contributed by atoms with Crippen molar-refractivity contribution in [1.29, 1.82) is 0 Å². The average Bonchev–Trinajstić information content (AvgIpc) is 2.79. The summed E-state index contributed by atoms with van der Waals surface area (Å²) in [6.45, 7) is 7.55. The fourth-order valence-electron chi connectivity index (χ4n) is 5.78. The van der Waals surface area contributed by atoms with Gasteiger partial charge in [-0.3, -0.25) is 14.4 Å². The van der Waals surface area contributed by atoms with Crippen molar-refractivity contribution < 1.29 is 33.3 Å². The topological polar surface area (TPSA) is 88.1 Å². The maximum Gasteiger partial charge on any atom is 0.322 e. The van der Waals surface area contributed by atoms with Crippen LogP contribution in [0.3, 0.4) is 0 Å². The monoisotopic (exact) mass is 388 g/mol. The van der Waals surface area contributed by atoms with Gasteiger partial charge in [0.25, 0.3) is 5.95 Å². The highest BCUT2D eigenvalue weighted by Crippen LogP contribution is 2.67. The van der Waals surface area contributed by atoms with Crippen molar-refractivity contribution in [3.05, 3.63) is 36.3 Å². The summed E-state index contributed by atoms with van der Waals surface area (Å²) in [4.78, 5) is 39.1. The van der Waals surface area contributed by atoms with Crippen molar-refractivity contribution in [2.45, 2.75) is 32.3 Å². The van der Waals surface area contributed by atoms with E-state index in [1.54, 1.807) is 25.2 Å². The lowest BCUT2D eigenvalue weighted by Gasteiger charge is -2.63. The summed E-state index contributed by atoms with van der Waals surface area (Å²) in [5, 5.41) is 0. The zero-order valence-corrected chi connectivity index (χ0v) is 16.4. The van der Waals surface area contributed by atoms with Gasteiger partial charge in [0.15, 0.2) is 5.60 Å². The highest BCUT2D eigenvalue weighted by Gasteiger charge is 2.76. The van der Waals surface area contributed by atoms with E-state index >= 15 is 0 Å². The third kappa shape index (κ3) is 1.97. The third-order valence-corrected chi connectivity index (χ3v) is 7.27. The van der Waals surface area contributed by atoms with Gasteiger partial charge in [-0.1, -0.05) is 19.1 Å². The minimum absolute atomic E-state index is 0.0357. The van der Waals surface area contributed by atoms with E-state index in [2.05, 4.69) is 6.58 Å². The number of hydrogen-bond donors (Lipinski definition) is 0. The average molecular weight is 388 g/mol. The van der Waals surface area contributed by atoms with E-state index in [0.717, 1.165) is 0 Å². The summed E-state index contributed by atoms with van der Waals surface area (Å²) in [5.74, 6) is -3.65. The van der Waals surface area contributed by atoms with Crippen LogP contribution in [0.15, 0.2) is 36.3 Å². The van der Waals surface area contributed by atoms with E-state index < -0.39 is 52.1 Å². The molecule has 1 spiro atoms. The van der Waals surface area contributed by atoms with Crippen molar-refractivity contribution in [3.8, 4) is 0 Å². The largest absolute Gasteiger partial charge is 0.469 e. The Hall–Kier alpha value is -2.57. The molecule has 0 aromatic heterocycles. The van der Waals surface area contributed by atoms with E-state index in [9.17, 15) is 14.4 Å². The smallest absolute Gasteiger partial charge is 0.322 e. The molecule has 5 rings (SSSR count). The number of methoxy groups -OCH3 is 2. The number of hydrogen-bond acceptors (Lipinski definition) is 7. The quantitative estimate of drug-likeness (QED) is 0.416. The molecule has 1 saturated heterocycles. The first-order chi connectivity index (χ1) is 13.2. The molecule has 0 N–H and O–H groups in total. The molecule has 2 bridgehead atoms. The zero-order valence-electron chi connectivity index (χ0n) is 16.4. The number of esters is 3. The molecule has 7 nitrogen and oxygen atoms in total. The van der Waals surface area contributed by atoms with E-state index in [1.807, 2.05) is 6.92 Å². The van der Waals surface area contributed by atoms with Gasteiger partial charge in [0.1, 0.15) is 5.92 Å². The standard InChI is InChI=1S/C21H24O7/c1-6-19(2)8-7-13-20(3,18(24)26-5)12-9-11-10-14(25-4)27-17(23)15(19)21(11,13)28-16(12)22/h6,9-10,12-13,15H,1,7-8H2,2-5H3/t12-,13+,15+,19-,20-,21-/m1/s1. The maximum atomic E-state index is 13.2. The van der Waals surface area contributed by atoms with Crippen molar-refractivity contribution in [2.24, 2.45) is 28.6 Å². The van der Waals surface area contributed by atoms with Crippen LogP contribution in [0.4, 0.5) is 0 Å². The van der Waals surface area contributed by atoms with Crippen LogP contribution in [0.25, 0.3) is 0 Å². The Morgan fingerprint density at radius 3 is 2.61 bits per heavy atom. The summed E-state index contributed by atoms with van der Waals surface area (Å²) in [7, 11) is 2.71. The molecule has 7 heteroatoms. The first kappa shape index (κ1) is 18.8. The number of rotatable bonds is 3. The molecule has 5 aliphatic rings. The lowest BCUT2D eigenvalue weighted by molar-refractivity contribution is -0.239. The minimum Gasteiger partial charge on any atom is -0.469 e. The van der Waals surface area contributed by atoms with Crippen molar-refractivity contribution in [2.75, 3.05) is 14.2 Å². The molecule has 0 aromatic carbocycles. The van der Waals surface area contributed by atoms with Crippen molar-refractivity contribution >= 4 is 17.9 Å². The molecule has 2 aliphatic carbocycles. The third-order valence-electron chi connectivity index (χ3n) is 7.27. The van der Waals surface area contributed by atoms with Crippen molar-refractivity contribution in [3.63, 3.8) is 0 Å². The Kier molecular flexibility index (Phi) is 3.83. The van der Waals surface area contributed by atoms with Gasteiger partial charge < -0.3 is 18.9 Å². The Morgan fingerprint density at radius 2 is 2.00 bits per heavy atom. The molecule has 2 fully saturated rings. The number of fused-ring (bicyclic) bond motifs is 1. The summed E-state index contributed by atoms with van der Waals surface area (Å²) in [6, 6.07) is 0. The van der Waals surface area contributed by atoms with Gasteiger partial charge >= 0.3 is 17.9 Å². The summed E-state index contributed by atoms with van der Waals surface area (Å²) < 4.78 is 21.8. The van der Waals surface area contributed by atoms with Crippen LogP contribution in [0, 0.1) is 28.6 Å². The van der Waals surface area contributed by atoms with Gasteiger partial charge in [0, 0.05) is 23.0 Å². The number of cyclic esters (lactones) is 1. The number of ether oxygens (including phenoxy) is 4. The Balaban J connectivity index is 2.05. The Labute approximate surface area is 163 Å². The molecule has 28 heavy (non-hydrogen) atoms. The molecule has 3 aliphatic heterocycles. The van der Waals surface area contributed by atoms with E-state index in [0.29, 0.717) is 18.4 Å². The number of carbonyl (C=O) groups is 3. The first-order valence-corrected chi connectivity index (χ1v) is 9.33. The van der Waals surface area contributed by atoms with Crippen LogP contribution in [0.5, 0.6) is 0 Å². The molecule has 3 heterocycles. The molecule has 1 saturated carbocycles. The van der Waals surface area contributed by atoms with Gasteiger partial charge in [0.05, 0.1) is 25.6 Å². The SMILES string of the molecule is C=C[C@]1(C)CC[C@H]2[C@](C)(C(=O)OC)[C@@H]3C=C4C=C(OC)OC(=O)[C@@H]1[C@@]42OC3=O. The molecular weight excluding hydrogens is 364 g/mol. The van der Waals surface area contributed by atoms with E-state index in [-0.39, 0.29) is 5.95 Å². The second kappa shape index (κ2) is 5.72. The van der Waals surface area contributed by atoms with Crippen LogP contribution < -0.4 is 0 Å². The highest BCUT2D eigenvalue weighted by molar-refractivity contribution is 5.92. The summed E-state index contributed by atoms with van der Waals surface area (Å²) in [5.41, 5.74) is -2.54. The van der Waals surface area contributed by atoms with Gasteiger partial charge in [-0.2, -0.15) is 0 Å². The normalized spacial score (nSPS) is 43.5. The van der Waals surface area contributed by atoms with Gasteiger partial charge in [-0.15, -0.1) is 6.58 Å². The highest BCUT2D eigenvalue weighted by atomic mass is 16.7. The first-order valence-electron chi connectivity index (χ1n) is 9.33. The van der Waals surface area contributed by atoms with Gasteiger partial charge in [-0.05, 0) is 19.8 Å². The van der Waals surface area contributed by atoms with Crippen LogP contribution >= 0.6 is 0 Å². The summed E-state index contributed by atoms with van der Waals surface area (Å²) in [6.07, 6.45) is 6.17. The van der Waals surface area contributed by atoms with Gasteiger partial charge in [0.2, 0.25) is 0 Å². The molecule has 0 radical (unpaired) electrons. The van der Waals surface area contributed by atoms with E-state index in [1.165, 1.54) is 14.2 Å². The Bertz CT molecular complexity index is 855. The predicted octanol–water partition coefficient (Wildman–Crippen LogP) is 2.28. The molecule has 6 atom stereocenters. The molecule has 0 amide bonds. The second-order valence-corrected chi connectivity index (χ2v) is 8.41. The second-order valence-electron chi connectivity index (χ2n) is 8.41. The molecule has 0 unspecified atom stereocenters. The predicted molar refractivity (Wildman–Crippen MR) is 96.2 cm³/mol. The molecule has 150 valence electrons. The van der Waals surface area contributed by atoms with Crippen LogP contribution in [0.2, 0.25) is 0 Å². The zero-order chi connectivity index (χ0) is 20.5. The van der Waals surface area contributed by atoms with Crippen molar-refractivity contribution in [1.82, 2.24) is 0 Å². The fraction of sp³-hybridized carbons (Fsp3) is 0.571. The number of allylic oxidation sites excluding steroid dienone is 1. The fourth-order valence-corrected chi connectivity index (χ4v) is 5.78. The molecular formula is C21H24O7. The van der Waals surface area contributed by atoms with Crippen LogP contribution in [-0.2, 0) is 33.3 Å². The van der Waals surface area contributed by atoms with Crippen LogP contribution in [0.1, 0.15) is 26.7 Å². The summed E-state index contributed by atoms with van der Waals surface area (Å²) >= 11 is 0. The van der Waals surface area contributed by atoms with Crippen LogP contribution in [-0.4, -0.2) is 37.7 Å². The Morgan fingerprint density at radius 1 is 1.29 bits per heavy atom.